The zero-order chi connectivity index (χ0) is 12.3. The molecule has 0 amide bonds. The summed E-state index contributed by atoms with van der Waals surface area (Å²) < 4.78 is 7.85. The molecule has 0 bridgehead atoms. The highest BCUT2D eigenvalue weighted by atomic mass is 16.3. The largest absolute Gasteiger partial charge is 0.463 e. The first-order valence-corrected chi connectivity index (χ1v) is 5.94. The van der Waals surface area contributed by atoms with Crippen molar-refractivity contribution in [3.05, 3.63) is 41.9 Å². The Kier molecular flexibility index (Phi) is 3.64. The van der Waals surface area contributed by atoms with Crippen LogP contribution in [0.15, 0.2) is 28.9 Å². The first-order chi connectivity index (χ1) is 8.20. The molecular formula is C13H19N3O. The molecular weight excluding hydrogens is 214 g/mol. The molecule has 17 heavy (non-hydrogen) atoms. The maximum Gasteiger partial charge on any atom is 0.123 e. The Hall–Kier alpha value is -1.55. The third kappa shape index (κ3) is 2.77. The molecule has 0 radical (unpaired) electrons. The van der Waals surface area contributed by atoms with E-state index in [0.717, 1.165) is 30.4 Å². The Morgan fingerprint density at radius 3 is 2.82 bits per heavy atom. The van der Waals surface area contributed by atoms with Gasteiger partial charge >= 0.3 is 0 Å². The van der Waals surface area contributed by atoms with E-state index < -0.39 is 0 Å². The molecule has 92 valence electrons. The number of hydrogen-bond donors (Lipinski definition) is 1. The van der Waals surface area contributed by atoms with Gasteiger partial charge in [0.1, 0.15) is 17.3 Å². The van der Waals surface area contributed by atoms with Gasteiger partial charge in [0.05, 0.1) is 13.1 Å². The first-order valence-electron chi connectivity index (χ1n) is 5.94. The smallest absolute Gasteiger partial charge is 0.123 e. The minimum Gasteiger partial charge on any atom is -0.463 e. The van der Waals surface area contributed by atoms with Gasteiger partial charge in [-0.05, 0) is 19.2 Å². The third-order valence-electron chi connectivity index (χ3n) is 2.66. The summed E-state index contributed by atoms with van der Waals surface area (Å²) in [6, 6.07) is 4.04. The minimum absolute atomic E-state index is 0.428. The molecule has 2 aromatic heterocycles. The van der Waals surface area contributed by atoms with Crippen LogP contribution in [0, 0.1) is 0 Å². The quantitative estimate of drug-likeness (QED) is 0.862. The second-order valence-corrected chi connectivity index (χ2v) is 4.47. The highest BCUT2D eigenvalue weighted by Gasteiger charge is 2.09. The van der Waals surface area contributed by atoms with Gasteiger partial charge in [0, 0.05) is 18.3 Å². The van der Waals surface area contributed by atoms with Crippen molar-refractivity contribution in [2.45, 2.75) is 32.9 Å². The lowest BCUT2D eigenvalue weighted by molar-refractivity contribution is 0.440. The van der Waals surface area contributed by atoms with Crippen molar-refractivity contribution in [3.63, 3.8) is 0 Å². The molecule has 0 aliphatic carbocycles. The molecule has 0 atom stereocenters. The van der Waals surface area contributed by atoms with Crippen LogP contribution in [0.4, 0.5) is 0 Å². The average Bonchev–Trinajstić information content (AvgIpc) is 2.89. The van der Waals surface area contributed by atoms with E-state index in [-0.39, 0.29) is 0 Å². The topological polar surface area (TPSA) is 43.0 Å². The summed E-state index contributed by atoms with van der Waals surface area (Å²) in [5, 5.41) is 3.07. The summed E-state index contributed by atoms with van der Waals surface area (Å²) in [5.74, 6) is 3.46. The van der Waals surface area contributed by atoms with E-state index in [4.69, 9.17) is 4.42 Å². The van der Waals surface area contributed by atoms with Gasteiger partial charge in [-0.25, -0.2) is 4.98 Å². The highest BCUT2D eigenvalue weighted by molar-refractivity contribution is 5.09. The van der Waals surface area contributed by atoms with Crippen LogP contribution in [0.5, 0.6) is 0 Å². The van der Waals surface area contributed by atoms with Crippen molar-refractivity contribution >= 4 is 0 Å². The second kappa shape index (κ2) is 5.19. The lowest BCUT2D eigenvalue weighted by Gasteiger charge is -2.08. The SMILES string of the molecule is CNCc1ccc(Cn2ccnc2C(C)C)o1. The van der Waals surface area contributed by atoms with Gasteiger partial charge in [0.2, 0.25) is 0 Å². The van der Waals surface area contributed by atoms with E-state index in [1.807, 2.05) is 31.6 Å². The number of rotatable bonds is 5. The van der Waals surface area contributed by atoms with Crippen molar-refractivity contribution in [1.82, 2.24) is 14.9 Å². The van der Waals surface area contributed by atoms with Gasteiger partial charge in [-0.3, -0.25) is 0 Å². The van der Waals surface area contributed by atoms with Crippen molar-refractivity contribution in [1.29, 1.82) is 0 Å². The van der Waals surface area contributed by atoms with E-state index in [1.165, 1.54) is 0 Å². The summed E-state index contributed by atoms with van der Waals surface area (Å²) in [7, 11) is 1.91. The maximum absolute atomic E-state index is 5.72. The normalized spacial score (nSPS) is 11.3. The fourth-order valence-electron chi connectivity index (χ4n) is 1.90. The molecule has 4 heteroatoms. The van der Waals surface area contributed by atoms with Crippen molar-refractivity contribution in [3.8, 4) is 0 Å². The lowest BCUT2D eigenvalue weighted by atomic mass is 10.2. The van der Waals surface area contributed by atoms with Gasteiger partial charge in [-0.2, -0.15) is 0 Å². The number of imidazole rings is 1. The summed E-state index contributed by atoms with van der Waals surface area (Å²) >= 11 is 0. The summed E-state index contributed by atoms with van der Waals surface area (Å²) in [5.41, 5.74) is 0. The van der Waals surface area contributed by atoms with Gasteiger partial charge in [0.15, 0.2) is 0 Å². The third-order valence-corrected chi connectivity index (χ3v) is 2.66. The zero-order valence-corrected chi connectivity index (χ0v) is 10.6. The molecule has 0 aliphatic rings. The maximum atomic E-state index is 5.72. The van der Waals surface area contributed by atoms with Gasteiger partial charge in [-0.15, -0.1) is 0 Å². The molecule has 2 aromatic rings. The van der Waals surface area contributed by atoms with Crippen LogP contribution in [-0.2, 0) is 13.1 Å². The standard InChI is InChI=1S/C13H19N3O/c1-10(2)13-15-6-7-16(13)9-12-5-4-11(17-12)8-14-3/h4-7,10,14H,8-9H2,1-3H3. The van der Waals surface area contributed by atoms with Crippen molar-refractivity contribution in [2.75, 3.05) is 7.05 Å². The number of nitrogens with zero attached hydrogens (tertiary/aromatic N) is 2. The van der Waals surface area contributed by atoms with Crippen molar-refractivity contribution in [2.24, 2.45) is 0 Å². The molecule has 0 saturated heterocycles. The van der Waals surface area contributed by atoms with Gasteiger partial charge in [-0.1, -0.05) is 13.8 Å². The molecule has 2 rings (SSSR count). The van der Waals surface area contributed by atoms with E-state index in [9.17, 15) is 0 Å². The Morgan fingerprint density at radius 1 is 1.35 bits per heavy atom. The number of furan rings is 1. The summed E-state index contributed by atoms with van der Waals surface area (Å²) in [6.45, 7) is 5.80. The number of nitrogens with one attached hydrogen (secondary N) is 1. The van der Waals surface area contributed by atoms with Crippen LogP contribution in [0.25, 0.3) is 0 Å². The number of hydrogen-bond acceptors (Lipinski definition) is 3. The monoisotopic (exact) mass is 233 g/mol. The van der Waals surface area contributed by atoms with Crippen LogP contribution in [-0.4, -0.2) is 16.6 Å². The predicted molar refractivity (Wildman–Crippen MR) is 66.9 cm³/mol. The predicted octanol–water partition coefficient (Wildman–Crippen LogP) is 2.37. The molecule has 1 N–H and O–H groups in total. The van der Waals surface area contributed by atoms with E-state index in [2.05, 4.69) is 28.7 Å². The Balaban J connectivity index is 2.11. The second-order valence-electron chi connectivity index (χ2n) is 4.47. The Labute approximate surface area is 102 Å². The van der Waals surface area contributed by atoms with Gasteiger partial charge in [0.25, 0.3) is 0 Å². The van der Waals surface area contributed by atoms with Crippen molar-refractivity contribution < 1.29 is 4.42 Å². The molecule has 0 unspecified atom stereocenters. The van der Waals surface area contributed by atoms with Crippen LogP contribution < -0.4 is 5.32 Å². The fraction of sp³-hybridized carbons (Fsp3) is 0.462. The molecule has 0 aromatic carbocycles. The molecule has 4 nitrogen and oxygen atoms in total. The van der Waals surface area contributed by atoms with Crippen LogP contribution >= 0.6 is 0 Å². The van der Waals surface area contributed by atoms with E-state index >= 15 is 0 Å². The van der Waals surface area contributed by atoms with Gasteiger partial charge < -0.3 is 14.3 Å². The molecule has 0 spiro atoms. The Bertz CT molecular complexity index is 470. The van der Waals surface area contributed by atoms with E-state index in [1.54, 1.807) is 0 Å². The van der Waals surface area contributed by atoms with Crippen LogP contribution in [0.2, 0.25) is 0 Å². The van der Waals surface area contributed by atoms with E-state index in [0.29, 0.717) is 5.92 Å². The minimum atomic E-state index is 0.428. The zero-order valence-electron chi connectivity index (χ0n) is 10.6. The highest BCUT2D eigenvalue weighted by Crippen LogP contribution is 2.15. The first kappa shape index (κ1) is 11.9. The average molecular weight is 233 g/mol. The lowest BCUT2D eigenvalue weighted by Crippen LogP contribution is -2.05. The fourth-order valence-corrected chi connectivity index (χ4v) is 1.90. The molecule has 2 heterocycles. The van der Waals surface area contributed by atoms with Crippen LogP contribution in [0.1, 0.15) is 37.1 Å². The summed E-state index contributed by atoms with van der Waals surface area (Å²) in [4.78, 5) is 4.36. The molecule has 0 saturated carbocycles. The summed E-state index contributed by atoms with van der Waals surface area (Å²) in [6.07, 6.45) is 3.84. The molecule has 0 fully saturated rings. The van der Waals surface area contributed by atoms with Crippen LogP contribution in [0.3, 0.4) is 0 Å². The molecule has 0 aliphatic heterocycles. The number of aromatic nitrogens is 2. The Morgan fingerprint density at radius 2 is 2.12 bits per heavy atom.